The Kier molecular flexibility index (Phi) is 9.23. The normalized spacial score (nSPS) is 20.9. The summed E-state index contributed by atoms with van der Waals surface area (Å²) in [6.45, 7) is 4.13. The number of nitriles is 1. The summed E-state index contributed by atoms with van der Waals surface area (Å²) in [5, 5.41) is 21.9. The van der Waals surface area contributed by atoms with E-state index >= 15 is 4.39 Å². The maximum absolute atomic E-state index is 17.5. The van der Waals surface area contributed by atoms with E-state index in [0.29, 0.717) is 58.9 Å². The van der Waals surface area contributed by atoms with Crippen LogP contribution in [-0.2, 0) is 16.0 Å². The average Bonchev–Trinajstić information content (AvgIpc) is 3.87. The quantitative estimate of drug-likeness (QED) is 0.164. The highest BCUT2D eigenvalue weighted by Gasteiger charge is 2.52. The van der Waals surface area contributed by atoms with E-state index in [1.165, 1.54) is 6.07 Å². The Morgan fingerprint density at radius 1 is 1.11 bits per heavy atom. The summed E-state index contributed by atoms with van der Waals surface area (Å²) in [4.78, 5) is 27.0. The second-order valence-electron chi connectivity index (χ2n) is 14.8. The van der Waals surface area contributed by atoms with Crippen molar-refractivity contribution in [2.75, 3.05) is 57.4 Å². The number of carbonyl (C=O) groups is 1. The third-order valence-electron chi connectivity index (χ3n) is 11.3. The molecule has 14 heteroatoms. The molecule has 8 rings (SSSR count). The van der Waals surface area contributed by atoms with Gasteiger partial charge in [-0.2, -0.15) is 28.4 Å². The Morgan fingerprint density at radius 3 is 2.52 bits per heavy atom. The summed E-state index contributed by atoms with van der Waals surface area (Å²) in [6.07, 6.45) is 3.71. The Bertz CT molecular complexity index is 2210. The lowest BCUT2D eigenvalue weighted by atomic mass is 9.89. The molecule has 2 unspecified atom stereocenters. The molecule has 10 nitrogen and oxygen atoms in total. The lowest BCUT2D eigenvalue weighted by molar-refractivity contribution is -0.188. The maximum atomic E-state index is 17.5. The number of phenols is 1. The third kappa shape index (κ3) is 6.62. The van der Waals surface area contributed by atoms with E-state index in [9.17, 15) is 28.3 Å². The number of terminal acetylenes is 1. The van der Waals surface area contributed by atoms with E-state index in [-0.39, 0.29) is 66.6 Å². The minimum absolute atomic E-state index is 0.0433. The summed E-state index contributed by atoms with van der Waals surface area (Å²) in [5.74, 6) is 0.229. The highest BCUT2D eigenvalue weighted by atomic mass is 19.4. The number of nitrogens with zero attached hydrogens (tertiary/aromatic N) is 6. The molecule has 0 spiro atoms. The molecule has 4 aromatic rings. The summed E-state index contributed by atoms with van der Waals surface area (Å²) in [6, 6.07) is 10.5. The molecule has 280 valence electrons. The molecule has 3 aliphatic heterocycles. The smallest absolute Gasteiger partial charge is 0.471 e. The molecule has 1 aromatic heterocycles. The number of aromatic nitrogens is 2. The van der Waals surface area contributed by atoms with Crippen LogP contribution in [0.2, 0.25) is 0 Å². The van der Waals surface area contributed by atoms with Crippen LogP contribution >= 0.6 is 0 Å². The summed E-state index contributed by atoms with van der Waals surface area (Å²) in [5.41, 5.74) is 1.15. The summed E-state index contributed by atoms with van der Waals surface area (Å²) in [7, 11) is 0. The largest absolute Gasteiger partial charge is 0.508 e. The van der Waals surface area contributed by atoms with Gasteiger partial charge in [-0.25, -0.2) is 4.39 Å². The Hall–Kier alpha value is -5.18. The Labute approximate surface area is 309 Å². The topological polar surface area (TPSA) is 115 Å². The number of halogens is 4. The molecule has 1 amide bonds. The molecule has 1 aliphatic carbocycles. The van der Waals surface area contributed by atoms with Crippen LogP contribution in [0.15, 0.2) is 36.4 Å². The molecule has 2 atom stereocenters. The number of amides is 1. The van der Waals surface area contributed by atoms with Gasteiger partial charge in [-0.3, -0.25) is 9.69 Å². The first kappa shape index (κ1) is 35.8. The van der Waals surface area contributed by atoms with Gasteiger partial charge in [0.05, 0.1) is 38.0 Å². The number of piperazine rings is 1. The zero-order valence-electron chi connectivity index (χ0n) is 29.5. The predicted octanol–water partition coefficient (Wildman–Crippen LogP) is 5.97. The van der Waals surface area contributed by atoms with E-state index in [4.69, 9.17) is 20.9 Å². The number of anilines is 1. The van der Waals surface area contributed by atoms with Crippen molar-refractivity contribution in [2.45, 2.75) is 56.8 Å². The van der Waals surface area contributed by atoms with Crippen molar-refractivity contribution in [1.29, 1.82) is 5.26 Å². The van der Waals surface area contributed by atoms with Gasteiger partial charge in [0.15, 0.2) is 5.82 Å². The Balaban J connectivity index is 1.26. The van der Waals surface area contributed by atoms with Gasteiger partial charge in [-0.1, -0.05) is 18.1 Å². The molecule has 4 aliphatic rings. The highest BCUT2D eigenvalue weighted by molar-refractivity contribution is 6.05. The molecule has 3 aromatic carbocycles. The van der Waals surface area contributed by atoms with Crippen LogP contribution in [0.5, 0.6) is 11.8 Å². The number of benzene rings is 3. The van der Waals surface area contributed by atoms with E-state index in [0.717, 1.165) is 37.4 Å². The molecular formula is C40H38F4N6O4. The van der Waals surface area contributed by atoms with E-state index in [1.807, 2.05) is 0 Å². The number of ether oxygens (including phenoxy) is 2. The second kappa shape index (κ2) is 13.9. The average molecular weight is 743 g/mol. The summed E-state index contributed by atoms with van der Waals surface area (Å²) < 4.78 is 70.2. The van der Waals surface area contributed by atoms with Gasteiger partial charge >= 0.3 is 18.1 Å². The number of aryl methyl sites for hydroxylation is 1. The number of carbonyl (C=O) groups excluding carboxylic acids is 1. The molecule has 3 saturated heterocycles. The highest BCUT2D eigenvalue weighted by Crippen LogP contribution is 2.47. The first-order chi connectivity index (χ1) is 26.0. The SMILES string of the molecule is C#Cc1cccc2cc(O)cc(-c3c(CCC#N)cc4c(N5CC6CCC(C5)N6C(=O)C(F)(F)F)nc(OCC5(CN6CCOCC6)CC5)nc4c3F)c12. The lowest BCUT2D eigenvalue weighted by Crippen LogP contribution is -2.59. The van der Waals surface area contributed by atoms with Crippen LogP contribution in [-0.4, -0.2) is 102 Å². The lowest BCUT2D eigenvalue weighted by Gasteiger charge is -2.42. The maximum Gasteiger partial charge on any atom is 0.471 e. The van der Waals surface area contributed by atoms with Crippen LogP contribution in [0.3, 0.4) is 0 Å². The fourth-order valence-corrected chi connectivity index (χ4v) is 8.49. The van der Waals surface area contributed by atoms with Crippen molar-refractivity contribution < 1.29 is 36.9 Å². The zero-order valence-corrected chi connectivity index (χ0v) is 29.5. The fourth-order valence-electron chi connectivity index (χ4n) is 8.49. The number of fused-ring (bicyclic) bond motifs is 4. The van der Waals surface area contributed by atoms with Gasteiger partial charge < -0.3 is 24.4 Å². The molecule has 54 heavy (non-hydrogen) atoms. The molecule has 4 heterocycles. The number of rotatable bonds is 9. The minimum atomic E-state index is -5.00. The van der Waals surface area contributed by atoms with Crippen molar-refractivity contribution >= 4 is 33.4 Å². The van der Waals surface area contributed by atoms with Crippen LogP contribution in [0.4, 0.5) is 23.4 Å². The van der Waals surface area contributed by atoms with Crippen LogP contribution in [0.1, 0.15) is 43.2 Å². The van der Waals surface area contributed by atoms with Crippen molar-refractivity contribution in [3.63, 3.8) is 0 Å². The number of hydrogen-bond acceptors (Lipinski definition) is 9. The van der Waals surface area contributed by atoms with Gasteiger partial charge in [0, 0.05) is 66.5 Å². The Morgan fingerprint density at radius 2 is 1.85 bits per heavy atom. The van der Waals surface area contributed by atoms with Gasteiger partial charge in [0.1, 0.15) is 17.1 Å². The number of hydrogen-bond donors (Lipinski definition) is 1. The summed E-state index contributed by atoms with van der Waals surface area (Å²) >= 11 is 0. The van der Waals surface area contributed by atoms with E-state index in [2.05, 4.69) is 21.9 Å². The molecule has 4 fully saturated rings. The van der Waals surface area contributed by atoms with Gasteiger partial charge in [0.2, 0.25) is 0 Å². The van der Waals surface area contributed by atoms with Gasteiger partial charge in [-0.15, -0.1) is 6.42 Å². The predicted molar refractivity (Wildman–Crippen MR) is 192 cm³/mol. The van der Waals surface area contributed by atoms with Crippen LogP contribution in [0.25, 0.3) is 32.8 Å². The van der Waals surface area contributed by atoms with Crippen LogP contribution < -0.4 is 9.64 Å². The van der Waals surface area contributed by atoms with Crippen molar-refractivity contribution in [3.05, 3.63) is 53.3 Å². The minimum Gasteiger partial charge on any atom is -0.508 e. The first-order valence-corrected chi connectivity index (χ1v) is 18.2. The second-order valence-corrected chi connectivity index (χ2v) is 14.8. The molecular weight excluding hydrogens is 704 g/mol. The van der Waals surface area contributed by atoms with Crippen molar-refractivity contribution in [1.82, 2.24) is 19.8 Å². The van der Waals surface area contributed by atoms with Crippen molar-refractivity contribution in [2.24, 2.45) is 5.41 Å². The van der Waals surface area contributed by atoms with Gasteiger partial charge in [0.25, 0.3) is 0 Å². The van der Waals surface area contributed by atoms with E-state index < -0.39 is 30.0 Å². The number of aromatic hydroxyl groups is 1. The standard InChI is InChI=1S/C40H38F4N6O4/c1-2-24-5-3-6-25-17-29(51)19-30(32(24)25)33-26(7-4-12-45)18-31-35(34(33)41)46-38(54-23-39(10-11-39)22-48-13-15-53-16-14-48)47-36(31)49-20-27-8-9-28(21-49)50(27)37(52)40(42,43)44/h1,3,5-6,17-19,27-28,51H,4,7-11,13-16,20-23H2. The monoisotopic (exact) mass is 742 g/mol. The molecule has 1 saturated carbocycles. The number of morpholine rings is 1. The first-order valence-electron chi connectivity index (χ1n) is 18.2. The number of phenolic OH excluding ortho intramolecular Hbond substituents is 1. The third-order valence-corrected chi connectivity index (χ3v) is 11.3. The number of alkyl halides is 3. The molecule has 2 bridgehead atoms. The van der Waals surface area contributed by atoms with Crippen LogP contribution in [0, 0.1) is 34.9 Å². The van der Waals surface area contributed by atoms with E-state index in [1.54, 1.807) is 35.2 Å². The molecule has 0 radical (unpaired) electrons. The zero-order chi connectivity index (χ0) is 37.8. The van der Waals surface area contributed by atoms with Gasteiger partial charge in [-0.05, 0) is 72.9 Å². The molecule has 1 N–H and O–H groups in total. The van der Waals surface area contributed by atoms with Crippen molar-refractivity contribution in [3.8, 4) is 41.3 Å². The fraction of sp³-hybridized carbons (Fsp3) is 0.450.